The number of nitrogens with zero attached hydrogens (tertiary/aromatic N) is 1. The molecule has 25 heavy (non-hydrogen) atoms. The Morgan fingerprint density at radius 1 is 1.00 bits per heavy atom. The first-order chi connectivity index (χ1) is 12.1. The quantitative estimate of drug-likeness (QED) is 0.687. The number of methoxy groups -OCH3 is 1. The molecule has 1 N–H and O–H groups in total. The zero-order valence-electron chi connectivity index (χ0n) is 13.6. The molecule has 6 heteroatoms. The van der Waals surface area contributed by atoms with E-state index >= 15 is 0 Å². The first-order valence-electron chi connectivity index (χ1n) is 7.66. The second kappa shape index (κ2) is 7.00. The van der Waals surface area contributed by atoms with Crippen LogP contribution in [0.1, 0.15) is 11.1 Å². The van der Waals surface area contributed by atoms with Crippen LogP contribution in [-0.2, 0) is 16.1 Å². The number of benzene rings is 2. The van der Waals surface area contributed by atoms with Gasteiger partial charge < -0.3 is 4.74 Å². The maximum absolute atomic E-state index is 12.7. The second-order valence-corrected chi connectivity index (χ2v) is 5.44. The van der Waals surface area contributed by atoms with Crippen molar-refractivity contribution >= 4 is 23.9 Å². The van der Waals surface area contributed by atoms with Gasteiger partial charge in [-0.25, -0.2) is 4.79 Å². The molecule has 1 saturated heterocycles. The minimum atomic E-state index is -0.726. The van der Waals surface area contributed by atoms with Crippen molar-refractivity contribution in [1.82, 2.24) is 10.2 Å². The van der Waals surface area contributed by atoms with Gasteiger partial charge in [0.2, 0.25) is 0 Å². The first kappa shape index (κ1) is 16.4. The molecule has 0 unspecified atom stereocenters. The van der Waals surface area contributed by atoms with E-state index in [1.165, 1.54) is 13.2 Å². The monoisotopic (exact) mass is 336 g/mol. The van der Waals surface area contributed by atoms with Crippen molar-refractivity contribution in [3.05, 3.63) is 71.3 Å². The number of urea groups is 1. The van der Waals surface area contributed by atoms with Gasteiger partial charge in [-0.15, -0.1) is 0 Å². The van der Waals surface area contributed by atoms with Crippen molar-refractivity contribution in [3.63, 3.8) is 0 Å². The average Bonchev–Trinajstić information content (AvgIpc) is 2.63. The molecule has 0 aromatic heterocycles. The Bertz CT molecular complexity index is 859. The lowest BCUT2D eigenvalue weighted by atomic mass is 10.1. The van der Waals surface area contributed by atoms with Gasteiger partial charge in [-0.05, 0) is 17.7 Å². The van der Waals surface area contributed by atoms with Gasteiger partial charge in [0.25, 0.3) is 11.8 Å². The molecule has 1 fully saturated rings. The van der Waals surface area contributed by atoms with Gasteiger partial charge in [0.15, 0.2) is 0 Å². The van der Waals surface area contributed by atoms with Gasteiger partial charge in [0.05, 0.1) is 13.7 Å². The standard InChI is InChI=1S/C19H16N2O4/c1-25-16-10-6-5-9-14(16)11-15-17(22)20-19(24)21(18(15)23)12-13-7-3-2-4-8-13/h2-11H,12H2,1H3,(H,20,22,24). The first-order valence-corrected chi connectivity index (χ1v) is 7.66. The molecule has 4 amide bonds. The number of carbonyl (C=O) groups excluding carboxylic acids is 3. The summed E-state index contributed by atoms with van der Waals surface area (Å²) in [5.41, 5.74) is 1.26. The molecule has 1 heterocycles. The third-order valence-electron chi connectivity index (χ3n) is 3.81. The lowest BCUT2D eigenvalue weighted by Crippen LogP contribution is -2.53. The number of nitrogens with one attached hydrogen (secondary N) is 1. The van der Waals surface area contributed by atoms with Crippen LogP contribution in [0.4, 0.5) is 4.79 Å². The van der Waals surface area contributed by atoms with E-state index < -0.39 is 17.8 Å². The van der Waals surface area contributed by atoms with E-state index in [-0.39, 0.29) is 12.1 Å². The second-order valence-electron chi connectivity index (χ2n) is 5.44. The molecule has 126 valence electrons. The van der Waals surface area contributed by atoms with Crippen molar-refractivity contribution in [2.45, 2.75) is 6.54 Å². The Morgan fingerprint density at radius 3 is 2.40 bits per heavy atom. The van der Waals surface area contributed by atoms with Gasteiger partial charge in [-0.1, -0.05) is 48.5 Å². The molecular formula is C19H16N2O4. The van der Waals surface area contributed by atoms with Crippen molar-refractivity contribution in [1.29, 1.82) is 0 Å². The lowest BCUT2D eigenvalue weighted by molar-refractivity contribution is -0.130. The van der Waals surface area contributed by atoms with Gasteiger partial charge in [0.1, 0.15) is 11.3 Å². The zero-order valence-corrected chi connectivity index (χ0v) is 13.6. The highest BCUT2D eigenvalue weighted by atomic mass is 16.5. The summed E-state index contributed by atoms with van der Waals surface area (Å²) >= 11 is 0. The maximum Gasteiger partial charge on any atom is 0.331 e. The molecule has 0 bridgehead atoms. The molecule has 0 spiro atoms. The summed E-state index contributed by atoms with van der Waals surface area (Å²) in [6.07, 6.45) is 1.43. The number of hydrogen-bond acceptors (Lipinski definition) is 4. The summed E-state index contributed by atoms with van der Waals surface area (Å²) in [7, 11) is 1.51. The lowest BCUT2D eigenvalue weighted by Gasteiger charge is -2.26. The normalized spacial score (nSPS) is 16.1. The summed E-state index contributed by atoms with van der Waals surface area (Å²) in [5, 5.41) is 2.21. The van der Waals surface area contributed by atoms with Crippen LogP contribution < -0.4 is 10.1 Å². The van der Waals surface area contributed by atoms with E-state index in [9.17, 15) is 14.4 Å². The van der Waals surface area contributed by atoms with Crippen LogP contribution in [0.25, 0.3) is 6.08 Å². The van der Waals surface area contributed by atoms with Crippen molar-refractivity contribution in [3.8, 4) is 5.75 Å². The predicted molar refractivity (Wildman–Crippen MR) is 91.5 cm³/mol. The van der Waals surface area contributed by atoms with Crippen molar-refractivity contribution in [2.75, 3.05) is 7.11 Å². The molecule has 0 aliphatic carbocycles. The molecule has 1 aliphatic heterocycles. The summed E-state index contributed by atoms with van der Waals surface area (Å²) in [6, 6.07) is 15.4. The van der Waals surface area contributed by atoms with E-state index in [0.717, 1.165) is 10.5 Å². The van der Waals surface area contributed by atoms with Crippen LogP contribution in [-0.4, -0.2) is 29.9 Å². The van der Waals surface area contributed by atoms with Crippen LogP contribution in [0.2, 0.25) is 0 Å². The summed E-state index contributed by atoms with van der Waals surface area (Å²) in [4.78, 5) is 37.9. The van der Waals surface area contributed by atoms with E-state index in [1.807, 2.05) is 18.2 Å². The molecule has 6 nitrogen and oxygen atoms in total. The Labute approximate surface area is 144 Å². The van der Waals surface area contributed by atoms with E-state index in [1.54, 1.807) is 36.4 Å². The highest BCUT2D eigenvalue weighted by Gasteiger charge is 2.35. The summed E-state index contributed by atoms with van der Waals surface area (Å²) in [6.45, 7) is 0.0854. The number of hydrogen-bond donors (Lipinski definition) is 1. The molecule has 1 aliphatic rings. The molecule has 3 rings (SSSR count). The molecule has 0 radical (unpaired) electrons. The summed E-state index contributed by atoms with van der Waals surface area (Å²) < 4.78 is 5.23. The Balaban J connectivity index is 1.94. The highest BCUT2D eigenvalue weighted by molar-refractivity contribution is 6.31. The SMILES string of the molecule is COc1ccccc1C=C1C(=O)NC(=O)N(Cc2ccccc2)C1=O. The number of amides is 4. The van der Waals surface area contributed by atoms with Gasteiger partial charge in [-0.2, -0.15) is 0 Å². The van der Waals surface area contributed by atoms with E-state index in [2.05, 4.69) is 5.32 Å². The maximum atomic E-state index is 12.7. The van der Waals surface area contributed by atoms with Crippen molar-refractivity contribution in [2.24, 2.45) is 0 Å². The van der Waals surface area contributed by atoms with Gasteiger partial charge in [-0.3, -0.25) is 19.8 Å². The Kier molecular flexibility index (Phi) is 4.61. The molecule has 2 aromatic rings. The number of rotatable bonds is 4. The number of ether oxygens (including phenoxy) is 1. The fourth-order valence-corrected chi connectivity index (χ4v) is 2.54. The third kappa shape index (κ3) is 3.42. The van der Waals surface area contributed by atoms with E-state index in [4.69, 9.17) is 4.74 Å². The Hall–Kier alpha value is -3.41. The molecule has 2 aromatic carbocycles. The summed E-state index contributed by atoms with van der Waals surface area (Å²) in [5.74, 6) is -0.823. The van der Waals surface area contributed by atoms with Crippen LogP contribution >= 0.6 is 0 Å². The van der Waals surface area contributed by atoms with Gasteiger partial charge in [0, 0.05) is 5.56 Å². The van der Waals surface area contributed by atoms with Gasteiger partial charge >= 0.3 is 6.03 Å². The van der Waals surface area contributed by atoms with Crippen LogP contribution in [0.15, 0.2) is 60.2 Å². The van der Waals surface area contributed by atoms with Crippen molar-refractivity contribution < 1.29 is 19.1 Å². The minimum absolute atomic E-state index is 0.0854. The van der Waals surface area contributed by atoms with Crippen LogP contribution in [0.3, 0.4) is 0 Å². The fraction of sp³-hybridized carbons (Fsp3) is 0.105. The van der Waals surface area contributed by atoms with E-state index in [0.29, 0.717) is 11.3 Å². The van der Waals surface area contributed by atoms with Crippen LogP contribution in [0.5, 0.6) is 5.75 Å². The zero-order chi connectivity index (χ0) is 17.8. The highest BCUT2D eigenvalue weighted by Crippen LogP contribution is 2.23. The number of carbonyl (C=O) groups is 3. The van der Waals surface area contributed by atoms with Crippen LogP contribution in [0, 0.1) is 0 Å². The smallest absolute Gasteiger partial charge is 0.331 e. The fourth-order valence-electron chi connectivity index (χ4n) is 2.54. The molecule has 0 atom stereocenters. The topological polar surface area (TPSA) is 75.7 Å². The largest absolute Gasteiger partial charge is 0.496 e. The predicted octanol–water partition coefficient (Wildman–Crippen LogP) is 2.36. The number of imide groups is 2. The molecular weight excluding hydrogens is 320 g/mol. The number of para-hydroxylation sites is 1. The molecule has 0 saturated carbocycles. The number of barbiturate groups is 1. The minimum Gasteiger partial charge on any atom is -0.496 e. The Morgan fingerprint density at radius 2 is 1.68 bits per heavy atom. The average molecular weight is 336 g/mol. The third-order valence-corrected chi connectivity index (χ3v) is 3.81.